The smallest absolute Gasteiger partial charge is 0.338 e. The molecule has 5 heteroatoms. The van der Waals surface area contributed by atoms with Gasteiger partial charge in [0.05, 0.1) is 24.3 Å². The first kappa shape index (κ1) is 15.6. The average molecular weight is 325 g/mol. The maximum Gasteiger partial charge on any atom is 0.338 e. The Morgan fingerprint density at radius 2 is 2.00 bits per heavy atom. The molecule has 3 rings (SSSR count). The minimum Gasteiger partial charge on any atom is -0.456 e. The summed E-state index contributed by atoms with van der Waals surface area (Å²) in [4.78, 5) is 13.9. The number of hydrogen-bond donors (Lipinski definition) is 0. The molecular formula is C18H15NO3S. The molecule has 2 aromatic rings. The lowest BCUT2D eigenvalue weighted by atomic mass is 10.2. The molecule has 23 heavy (non-hydrogen) atoms. The molecule has 1 saturated heterocycles. The number of benzene rings is 2. The number of rotatable bonds is 4. The van der Waals surface area contributed by atoms with E-state index in [9.17, 15) is 4.79 Å². The van der Waals surface area contributed by atoms with Crippen molar-refractivity contribution >= 4 is 17.7 Å². The highest BCUT2D eigenvalue weighted by Gasteiger charge is 2.20. The molecule has 4 nitrogen and oxygen atoms in total. The van der Waals surface area contributed by atoms with E-state index in [0.29, 0.717) is 24.3 Å². The van der Waals surface area contributed by atoms with E-state index in [0.717, 1.165) is 16.2 Å². The second kappa shape index (κ2) is 7.32. The summed E-state index contributed by atoms with van der Waals surface area (Å²) in [5, 5.41) is 9.11. The summed E-state index contributed by atoms with van der Waals surface area (Å²) >= 11 is 1.50. The summed E-state index contributed by atoms with van der Waals surface area (Å²) in [6, 6.07) is 16.8. The Morgan fingerprint density at radius 1 is 1.22 bits per heavy atom. The zero-order valence-corrected chi connectivity index (χ0v) is 13.2. The second-order valence-electron chi connectivity index (χ2n) is 5.13. The van der Waals surface area contributed by atoms with Gasteiger partial charge in [0, 0.05) is 16.2 Å². The Morgan fingerprint density at radius 3 is 2.70 bits per heavy atom. The lowest BCUT2D eigenvalue weighted by Crippen LogP contribution is -2.17. The zero-order chi connectivity index (χ0) is 16.1. The number of esters is 1. The lowest BCUT2D eigenvalue weighted by Gasteiger charge is -2.10. The summed E-state index contributed by atoms with van der Waals surface area (Å²) < 4.78 is 10.6. The van der Waals surface area contributed by atoms with Crippen LogP contribution in [-0.4, -0.2) is 25.3 Å². The Kier molecular flexibility index (Phi) is 4.96. The minimum absolute atomic E-state index is 0.140. The average Bonchev–Trinajstić information content (AvgIpc) is 3.09. The van der Waals surface area contributed by atoms with E-state index in [4.69, 9.17) is 14.7 Å². The maximum atomic E-state index is 12.0. The van der Waals surface area contributed by atoms with Gasteiger partial charge in [-0.25, -0.2) is 4.79 Å². The van der Waals surface area contributed by atoms with E-state index in [-0.39, 0.29) is 12.1 Å². The quantitative estimate of drug-likeness (QED) is 0.803. The van der Waals surface area contributed by atoms with Crippen LogP contribution in [0.2, 0.25) is 0 Å². The van der Waals surface area contributed by atoms with Crippen molar-refractivity contribution in [1.29, 1.82) is 5.26 Å². The molecule has 116 valence electrons. The van der Waals surface area contributed by atoms with Crippen molar-refractivity contribution in [1.82, 2.24) is 0 Å². The van der Waals surface area contributed by atoms with Crippen LogP contribution in [0.15, 0.2) is 58.3 Å². The summed E-state index contributed by atoms with van der Waals surface area (Å²) in [5.41, 5.74) is 1.16. The van der Waals surface area contributed by atoms with Gasteiger partial charge in [-0.2, -0.15) is 5.26 Å². The van der Waals surface area contributed by atoms with Crippen molar-refractivity contribution in [3.8, 4) is 6.07 Å². The fraction of sp³-hybridized carbons (Fsp3) is 0.222. The third-order valence-corrected chi connectivity index (χ3v) is 4.57. The summed E-state index contributed by atoms with van der Waals surface area (Å²) in [6.45, 7) is 1.12. The molecule has 0 N–H and O–H groups in total. The van der Waals surface area contributed by atoms with E-state index in [1.807, 2.05) is 30.3 Å². The van der Waals surface area contributed by atoms with E-state index in [1.54, 1.807) is 18.2 Å². The SMILES string of the molecule is N#Cc1ccccc1Sc1ccc(C(=O)O[C@H]2CCOC2)cc1. The largest absolute Gasteiger partial charge is 0.456 e. The molecule has 0 unspecified atom stereocenters. The molecule has 1 aliphatic heterocycles. The monoisotopic (exact) mass is 325 g/mol. The Bertz CT molecular complexity index is 731. The van der Waals surface area contributed by atoms with Gasteiger partial charge in [0.15, 0.2) is 0 Å². The highest BCUT2D eigenvalue weighted by atomic mass is 32.2. The van der Waals surface area contributed by atoms with Gasteiger partial charge in [0.2, 0.25) is 0 Å². The van der Waals surface area contributed by atoms with Crippen molar-refractivity contribution < 1.29 is 14.3 Å². The number of nitriles is 1. The number of nitrogens with zero attached hydrogens (tertiary/aromatic N) is 1. The third kappa shape index (κ3) is 3.92. The third-order valence-electron chi connectivity index (χ3n) is 3.49. The van der Waals surface area contributed by atoms with Gasteiger partial charge in [0.25, 0.3) is 0 Å². The van der Waals surface area contributed by atoms with Crippen LogP contribution in [0.25, 0.3) is 0 Å². The van der Waals surface area contributed by atoms with Crippen LogP contribution in [-0.2, 0) is 9.47 Å². The van der Waals surface area contributed by atoms with Crippen LogP contribution in [0.4, 0.5) is 0 Å². The molecule has 1 fully saturated rings. The first-order valence-electron chi connectivity index (χ1n) is 7.32. The Hall–Kier alpha value is -2.29. The van der Waals surface area contributed by atoms with Crippen molar-refractivity contribution in [3.63, 3.8) is 0 Å². The van der Waals surface area contributed by atoms with E-state index in [1.165, 1.54) is 11.8 Å². The van der Waals surface area contributed by atoms with Crippen molar-refractivity contribution in [2.24, 2.45) is 0 Å². The normalized spacial score (nSPS) is 16.7. The summed E-state index contributed by atoms with van der Waals surface area (Å²) in [6.07, 6.45) is 0.615. The molecule has 0 aromatic heterocycles. The van der Waals surface area contributed by atoms with Crippen LogP contribution < -0.4 is 0 Å². The predicted octanol–water partition coefficient (Wildman–Crippen LogP) is 3.66. The fourth-order valence-corrected chi connectivity index (χ4v) is 3.16. The molecule has 1 aliphatic rings. The van der Waals surface area contributed by atoms with Crippen molar-refractivity contribution in [2.75, 3.05) is 13.2 Å². The topological polar surface area (TPSA) is 59.3 Å². The van der Waals surface area contributed by atoms with Gasteiger partial charge >= 0.3 is 5.97 Å². The zero-order valence-electron chi connectivity index (χ0n) is 12.4. The molecule has 0 aliphatic carbocycles. The number of carbonyl (C=O) groups excluding carboxylic acids is 1. The van der Waals surface area contributed by atoms with E-state index < -0.39 is 0 Å². The molecule has 0 amide bonds. The number of hydrogen-bond acceptors (Lipinski definition) is 5. The first-order valence-corrected chi connectivity index (χ1v) is 8.13. The van der Waals surface area contributed by atoms with E-state index >= 15 is 0 Å². The van der Waals surface area contributed by atoms with Gasteiger partial charge in [0.1, 0.15) is 12.2 Å². The number of carbonyl (C=O) groups is 1. The minimum atomic E-state index is -0.325. The molecule has 0 spiro atoms. The highest BCUT2D eigenvalue weighted by Crippen LogP contribution is 2.30. The van der Waals surface area contributed by atoms with Crippen molar-refractivity contribution in [2.45, 2.75) is 22.3 Å². The molecule has 2 aromatic carbocycles. The van der Waals surface area contributed by atoms with Gasteiger partial charge in [-0.1, -0.05) is 23.9 Å². The van der Waals surface area contributed by atoms with Crippen LogP contribution in [0.3, 0.4) is 0 Å². The second-order valence-corrected chi connectivity index (χ2v) is 6.24. The standard InChI is InChI=1S/C18H15NO3S/c19-11-14-3-1-2-4-17(14)23-16-7-5-13(6-8-16)18(20)22-15-9-10-21-12-15/h1-8,15H,9-10,12H2/t15-/m0/s1. The first-order chi connectivity index (χ1) is 11.3. The maximum absolute atomic E-state index is 12.0. The lowest BCUT2D eigenvalue weighted by molar-refractivity contribution is 0.0270. The van der Waals surface area contributed by atoms with Gasteiger partial charge in [-0.15, -0.1) is 0 Å². The van der Waals surface area contributed by atoms with Gasteiger partial charge in [-0.3, -0.25) is 0 Å². The molecule has 0 saturated carbocycles. The van der Waals surface area contributed by atoms with Crippen LogP contribution >= 0.6 is 11.8 Å². The van der Waals surface area contributed by atoms with E-state index in [2.05, 4.69) is 6.07 Å². The highest BCUT2D eigenvalue weighted by molar-refractivity contribution is 7.99. The fourth-order valence-electron chi connectivity index (χ4n) is 2.26. The molecule has 1 heterocycles. The Balaban J connectivity index is 1.67. The number of ether oxygens (including phenoxy) is 2. The molecule has 0 bridgehead atoms. The van der Waals surface area contributed by atoms with Gasteiger partial charge in [-0.05, 0) is 36.4 Å². The summed E-state index contributed by atoms with van der Waals surface area (Å²) in [7, 11) is 0. The molecular weight excluding hydrogens is 310 g/mol. The molecule has 1 atom stereocenters. The van der Waals surface area contributed by atoms with Crippen LogP contribution in [0.1, 0.15) is 22.3 Å². The predicted molar refractivity (Wildman–Crippen MR) is 86.4 cm³/mol. The van der Waals surface area contributed by atoms with Crippen molar-refractivity contribution in [3.05, 3.63) is 59.7 Å². The van der Waals surface area contributed by atoms with Gasteiger partial charge < -0.3 is 9.47 Å². The van der Waals surface area contributed by atoms with Crippen LogP contribution in [0.5, 0.6) is 0 Å². The Labute approximate surface area is 139 Å². The summed E-state index contributed by atoms with van der Waals surface area (Å²) in [5.74, 6) is -0.325. The van der Waals surface area contributed by atoms with Crippen LogP contribution in [0, 0.1) is 11.3 Å². The molecule has 0 radical (unpaired) electrons.